The van der Waals surface area contributed by atoms with E-state index in [0.717, 1.165) is 24.5 Å². The molecule has 0 spiro atoms. The van der Waals surface area contributed by atoms with Crippen LogP contribution in [0.15, 0.2) is 6.07 Å². The molecule has 0 atom stereocenters. The lowest BCUT2D eigenvalue weighted by molar-refractivity contribution is 0.234. The molecule has 0 aromatic carbocycles. The van der Waals surface area contributed by atoms with Crippen LogP contribution >= 0.6 is 12.2 Å². The molecule has 0 saturated heterocycles. The van der Waals surface area contributed by atoms with Crippen LogP contribution in [0, 0.1) is 4.64 Å². The first-order chi connectivity index (χ1) is 7.46. The summed E-state index contributed by atoms with van der Waals surface area (Å²) in [5.74, 6) is 1.69. The van der Waals surface area contributed by atoms with Crippen molar-refractivity contribution in [2.24, 2.45) is 0 Å². The van der Waals surface area contributed by atoms with Gasteiger partial charge in [0.25, 0.3) is 0 Å². The van der Waals surface area contributed by atoms with E-state index < -0.39 is 0 Å². The zero-order valence-corrected chi connectivity index (χ0v) is 10.8. The molecular weight excluding hydrogens is 222 g/mol. The van der Waals surface area contributed by atoms with Crippen molar-refractivity contribution in [3.05, 3.63) is 16.5 Å². The van der Waals surface area contributed by atoms with E-state index in [1.165, 1.54) is 0 Å². The number of hydrogen-bond acceptors (Lipinski definition) is 4. The standard InChI is InChI=1S/C11H19N3OS/c1-4-5-8-12-9(6-10(16)13-8)14-11(2,3)7-15/h6,15H,4-5,7H2,1-3H3,(H2,12,13,14,16). The minimum atomic E-state index is -0.372. The van der Waals surface area contributed by atoms with Crippen molar-refractivity contribution >= 4 is 18.0 Å². The Labute approximate surface area is 101 Å². The predicted molar refractivity (Wildman–Crippen MR) is 68.2 cm³/mol. The largest absolute Gasteiger partial charge is 0.394 e. The molecule has 1 heterocycles. The zero-order valence-electron chi connectivity index (χ0n) is 10.0. The number of anilines is 1. The molecule has 0 aliphatic rings. The molecular formula is C11H19N3OS. The van der Waals surface area contributed by atoms with Crippen LogP contribution in [-0.2, 0) is 6.42 Å². The van der Waals surface area contributed by atoms with Crippen LogP contribution in [-0.4, -0.2) is 27.2 Å². The molecule has 0 saturated carbocycles. The SMILES string of the molecule is CCCc1nc(=S)cc(NC(C)(C)CO)[nH]1. The van der Waals surface area contributed by atoms with Gasteiger partial charge in [-0.15, -0.1) is 0 Å². The molecule has 3 N–H and O–H groups in total. The summed E-state index contributed by atoms with van der Waals surface area (Å²) >= 11 is 5.09. The summed E-state index contributed by atoms with van der Waals surface area (Å²) in [6.45, 7) is 5.99. The van der Waals surface area contributed by atoms with E-state index in [0.29, 0.717) is 4.64 Å². The van der Waals surface area contributed by atoms with E-state index in [1.54, 1.807) is 6.07 Å². The fraction of sp³-hybridized carbons (Fsp3) is 0.636. The molecule has 0 bridgehead atoms. The number of hydrogen-bond donors (Lipinski definition) is 3. The van der Waals surface area contributed by atoms with Gasteiger partial charge in [-0.1, -0.05) is 19.1 Å². The number of nitrogens with zero attached hydrogens (tertiary/aromatic N) is 1. The number of aliphatic hydroxyl groups is 1. The number of aromatic nitrogens is 2. The van der Waals surface area contributed by atoms with Crippen molar-refractivity contribution in [3.8, 4) is 0 Å². The lowest BCUT2D eigenvalue weighted by Gasteiger charge is -2.24. The van der Waals surface area contributed by atoms with Gasteiger partial charge in [-0.2, -0.15) is 0 Å². The molecule has 0 unspecified atom stereocenters. The van der Waals surface area contributed by atoms with Crippen LogP contribution in [0.3, 0.4) is 0 Å². The number of H-pyrrole nitrogens is 1. The Morgan fingerprint density at radius 1 is 1.56 bits per heavy atom. The Bertz CT molecular complexity index is 400. The third-order valence-electron chi connectivity index (χ3n) is 2.15. The van der Waals surface area contributed by atoms with Crippen molar-refractivity contribution in [2.75, 3.05) is 11.9 Å². The Morgan fingerprint density at radius 2 is 2.25 bits per heavy atom. The molecule has 0 fully saturated rings. The first-order valence-corrected chi connectivity index (χ1v) is 5.87. The summed E-state index contributed by atoms with van der Waals surface area (Å²) in [6, 6.07) is 1.77. The Kier molecular flexibility index (Phi) is 4.44. The molecule has 16 heavy (non-hydrogen) atoms. The van der Waals surface area contributed by atoms with E-state index in [9.17, 15) is 5.11 Å². The summed E-state index contributed by atoms with van der Waals surface area (Å²) in [5.41, 5.74) is -0.372. The third kappa shape index (κ3) is 3.90. The smallest absolute Gasteiger partial charge is 0.131 e. The molecule has 5 heteroatoms. The second-order valence-electron chi connectivity index (χ2n) is 4.50. The summed E-state index contributed by atoms with van der Waals surface area (Å²) in [4.78, 5) is 7.41. The van der Waals surface area contributed by atoms with Crippen LogP contribution in [0.25, 0.3) is 0 Å². The van der Waals surface area contributed by atoms with Crippen molar-refractivity contribution in [1.29, 1.82) is 0 Å². The average Bonchev–Trinajstić information content (AvgIpc) is 2.16. The predicted octanol–water partition coefficient (Wildman–Crippen LogP) is 2.27. The molecule has 1 aromatic heterocycles. The highest BCUT2D eigenvalue weighted by atomic mass is 32.1. The summed E-state index contributed by atoms with van der Waals surface area (Å²) in [7, 11) is 0. The minimum Gasteiger partial charge on any atom is -0.394 e. The Balaban J connectivity index is 2.92. The van der Waals surface area contributed by atoms with Gasteiger partial charge >= 0.3 is 0 Å². The van der Waals surface area contributed by atoms with Crippen LogP contribution in [0.4, 0.5) is 5.82 Å². The molecule has 0 aliphatic heterocycles. The summed E-state index contributed by atoms with van der Waals surface area (Å²) < 4.78 is 0.568. The molecule has 0 radical (unpaired) electrons. The normalized spacial score (nSPS) is 11.5. The van der Waals surface area contributed by atoms with Gasteiger partial charge in [0, 0.05) is 12.5 Å². The number of aliphatic hydroxyl groups excluding tert-OH is 1. The number of aromatic amines is 1. The van der Waals surface area contributed by atoms with Crippen molar-refractivity contribution in [1.82, 2.24) is 9.97 Å². The molecule has 0 aliphatic carbocycles. The van der Waals surface area contributed by atoms with E-state index in [2.05, 4.69) is 22.2 Å². The maximum Gasteiger partial charge on any atom is 0.131 e. The quantitative estimate of drug-likeness (QED) is 0.692. The van der Waals surface area contributed by atoms with Gasteiger partial charge in [0.05, 0.1) is 12.1 Å². The molecule has 1 rings (SSSR count). The van der Waals surface area contributed by atoms with Crippen LogP contribution in [0.1, 0.15) is 33.0 Å². The zero-order chi connectivity index (χ0) is 12.2. The van der Waals surface area contributed by atoms with Gasteiger partial charge in [-0.3, -0.25) is 0 Å². The Hall–Kier alpha value is -0.940. The van der Waals surface area contributed by atoms with E-state index in [-0.39, 0.29) is 12.1 Å². The van der Waals surface area contributed by atoms with Gasteiger partial charge in [0.15, 0.2) is 0 Å². The summed E-state index contributed by atoms with van der Waals surface area (Å²) in [6.07, 6.45) is 1.89. The fourth-order valence-electron chi connectivity index (χ4n) is 1.33. The van der Waals surface area contributed by atoms with Gasteiger partial charge in [0.1, 0.15) is 16.3 Å². The fourth-order valence-corrected chi connectivity index (χ4v) is 1.56. The highest BCUT2D eigenvalue weighted by Gasteiger charge is 2.16. The number of aryl methyl sites for hydroxylation is 1. The highest BCUT2D eigenvalue weighted by Crippen LogP contribution is 2.12. The lowest BCUT2D eigenvalue weighted by Crippen LogP contribution is -2.35. The van der Waals surface area contributed by atoms with Gasteiger partial charge in [0.2, 0.25) is 0 Å². The first-order valence-electron chi connectivity index (χ1n) is 5.46. The second-order valence-corrected chi connectivity index (χ2v) is 4.92. The first kappa shape index (κ1) is 13.1. The molecule has 0 amide bonds. The van der Waals surface area contributed by atoms with E-state index in [1.807, 2.05) is 13.8 Å². The van der Waals surface area contributed by atoms with Crippen molar-refractivity contribution < 1.29 is 5.11 Å². The van der Waals surface area contributed by atoms with Crippen LogP contribution < -0.4 is 5.32 Å². The van der Waals surface area contributed by atoms with Gasteiger partial charge in [-0.05, 0) is 20.3 Å². The average molecular weight is 241 g/mol. The van der Waals surface area contributed by atoms with Gasteiger partial charge in [-0.25, -0.2) is 4.98 Å². The molecule has 1 aromatic rings. The topological polar surface area (TPSA) is 60.9 Å². The molecule has 4 nitrogen and oxygen atoms in total. The van der Waals surface area contributed by atoms with Crippen molar-refractivity contribution in [2.45, 2.75) is 39.2 Å². The highest BCUT2D eigenvalue weighted by molar-refractivity contribution is 7.71. The maximum atomic E-state index is 9.18. The van der Waals surface area contributed by atoms with E-state index in [4.69, 9.17) is 12.2 Å². The van der Waals surface area contributed by atoms with Crippen LogP contribution in [0.5, 0.6) is 0 Å². The number of nitrogens with one attached hydrogen (secondary N) is 2. The second kappa shape index (κ2) is 5.41. The summed E-state index contributed by atoms with van der Waals surface area (Å²) in [5, 5.41) is 12.4. The monoisotopic (exact) mass is 241 g/mol. The third-order valence-corrected chi connectivity index (χ3v) is 2.36. The lowest BCUT2D eigenvalue weighted by atomic mass is 10.1. The van der Waals surface area contributed by atoms with Crippen molar-refractivity contribution in [3.63, 3.8) is 0 Å². The maximum absolute atomic E-state index is 9.18. The number of rotatable bonds is 5. The Morgan fingerprint density at radius 3 is 2.81 bits per heavy atom. The van der Waals surface area contributed by atoms with E-state index >= 15 is 0 Å². The van der Waals surface area contributed by atoms with Crippen LogP contribution in [0.2, 0.25) is 0 Å². The van der Waals surface area contributed by atoms with Gasteiger partial charge < -0.3 is 15.4 Å². The minimum absolute atomic E-state index is 0.0546. The molecule has 90 valence electrons.